The highest BCUT2D eigenvalue weighted by Gasteiger charge is 2.33. The fourth-order valence-corrected chi connectivity index (χ4v) is 2.59. The van der Waals surface area contributed by atoms with Crippen molar-refractivity contribution in [1.29, 1.82) is 0 Å². The minimum atomic E-state index is -0.897. The van der Waals surface area contributed by atoms with E-state index in [2.05, 4.69) is 19.2 Å². The molecule has 1 rings (SSSR count). The Morgan fingerprint density at radius 3 is 2.60 bits per heavy atom. The Kier molecular flexibility index (Phi) is 7.41. The molecule has 0 aromatic rings. The van der Waals surface area contributed by atoms with Gasteiger partial charge in [0.05, 0.1) is 0 Å². The average molecular weight is 284 g/mol. The van der Waals surface area contributed by atoms with Crippen LogP contribution in [0.2, 0.25) is 0 Å². The van der Waals surface area contributed by atoms with Crippen LogP contribution in [0.1, 0.15) is 58.8 Å². The van der Waals surface area contributed by atoms with Gasteiger partial charge in [0.15, 0.2) is 0 Å². The summed E-state index contributed by atoms with van der Waals surface area (Å²) in [6, 6.07) is -0.863. The maximum absolute atomic E-state index is 11.9. The van der Waals surface area contributed by atoms with Gasteiger partial charge in [-0.1, -0.05) is 39.5 Å². The molecule has 0 saturated carbocycles. The predicted molar refractivity (Wildman–Crippen MR) is 78.7 cm³/mol. The number of carbonyl (C=O) groups is 2. The van der Waals surface area contributed by atoms with Crippen LogP contribution >= 0.6 is 0 Å². The van der Waals surface area contributed by atoms with E-state index in [0.29, 0.717) is 19.5 Å². The summed E-state index contributed by atoms with van der Waals surface area (Å²) in [5.74, 6) is -0.135. The molecule has 1 heterocycles. The third-order valence-electron chi connectivity index (χ3n) is 3.78. The number of carbonyl (C=O) groups excluding carboxylic acids is 1. The van der Waals surface area contributed by atoms with Crippen molar-refractivity contribution in [2.24, 2.45) is 5.92 Å². The fraction of sp³-hybridized carbons (Fsp3) is 0.867. The van der Waals surface area contributed by atoms with E-state index in [1.807, 2.05) is 0 Å². The molecule has 20 heavy (non-hydrogen) atoms. The lowest BCUT2D eigenvalue weighted by Crippen LogP contribution is -2.46. The third kappa shape index (κ3) is 5.80. The number of amides is 2. The number of aliphatic carboxylic acids is 1. The Balaban J connectivity index is 2.09. The summed E-state index contributed by atoms with van der Waals surface area (Å²) in [4.78, 5) is 24.3. The number of carboxylic acids is 1. The maximum atomic E-state index is 11.9. The van der Waals surface area contributed by atoms with Gasteiger partial charge in [0.2, 0.25) is 0 Å². The van der Waals surface area contributed by atoms with Crippen molar-refractivity contribution in [1.82, 2.24) is 10.2 Å². The molecule has 1 fully saturated rings. The standard InChI is InChI=1S/C15H28N2O3/c1-12(2)8-5-3-4-6-10-16-15(20)17-11-7-9-13(17)14(18)19/h12-13H,3-11H2,1-2H3,(H,16,20)(H,18,19). The van der Waals surface area contributed by atoms with E-state index >= 15 is 0 Å². The molecule has 0 bridgehead atoms. The lowest BCUT2D eigenvalue weighted by Gasteiger charge is -2.21. The van der Waals surface area contributed by atoms with Gasteiger partial charge in [-0.25, -0.2) is 9.59 Å². The number of nitrogens with zero attached hydrogens (tertiary/aromatic N) is 1. The van der Waals surface area contributed by atoms with E-state index in [1.165, 1.54) is 24.2 Å². The van der Waals surface area contributed by atoms with Gasteiger partial charge < -0.3 is 15.3 Å². The lowest BCUT2D eigenvalue weighted by atomic mass is 10.0. The molecule has 2 N–H and O–H groups in total. The summed E-state index contributed by atoms with van der Waals surface area (Å²) >= 11 is 0. The molecule has 0 spiro atoms. The normalized spacial score (nSPS) is 18.6. The highest BCUT2D eigenvalue weighted by atomic mass is 16.4. The van der Waals surface area contributed by atoms with Crippen molar-refractivity contribution in [3.8, 4) is 0 Å². The minimum absolute atomic E-state index is 0.225. The van der Waals surface area contributed by atoms with Crippen LogP contribution in [0.3, 0.4) is 0 Å². The topological polar surface area (TPSA) is 69.6 Å². The molecule has 0 aliphatic carbocycles. The van der Waals surface area contributed by atoms with Gasteiger partial charge in [-0.05, 0) is 25.2 Å². The number of urea groups is 1. The van der Waals surface area contributed by atoms with E-state index in [-0.39, 0.29) is 6.03 Å². The number of hydrogen-bond acceptors (Lipinski definition) is 2. The molecule has 0 aromatic carbocycles. The fourth-order valence-electron chi connectivity index (χ4n) is 2.59. The van der Waals surface area contributed by atoms with Crippen molar-refractivity contribution in [2.75, 3.05) is 13.1 Å². The van der Waals surface area contributed by atoms with Gasteiger partial charge in [-0.2, -0.15) is 0 Å². The second-order valence-corrected chi connectivity index (χ2v) is 6.02. The molecule has 1 aliphatic rings. The highest BCUT2D eigenvalue weighted by molar-refractivity contribution is 5.83. The largest absolute Gasteiger partial charge is 0.480 e. The van der Waals surface area contributed by atoms with Crippen LogP contribution < -0.4 is 5.32 Å². The van der Waals surface area contributed by atoms with Crippen LogP contribution in [-0.2, 0) is 4.79 Å². The molecule has 5 heteroatoms. The van der Waals surface area contributed by atoms with Gasteiger partial charge in [0.25, 0.3) is 0 Å². The summed E-state index contributed by atoms with van der Waals surface area (Å²) in [6.45, 7) is 5.66. The number of nitrogens with one attached hydrogen (secondary N) is 1. The molecular weight excluding hydrogens is 256 g/mol. The van der Waals surface area contributed by atoms with Crippen LogP contribution in [-0.4, -0.2) is 41.1 Å². The molecule has 0 radical (unpaired) electrons. The quantitative estimate of drug-likeness (QED) is 0.673. The van der Waals surface area contributed by atoms with Crippen molar-refractivity contribution < 1.29 is 14.7 Å². The van der Waals surface area contributed by atoms with Crippen LogP contribution in [0, 0.1) is 5.92 Å². The molecule has 5 nitrogen and oxygen atoms in total. The molecule has 2 amide bonds. The maximum Gasteiger partial charge on any atom is 0.326 e. The van der Waals surface area contributed by atoms with Gasteiger partial charge >= 0.3 is 12.0 Å². The van der Waals surface area contributed by atoms with E-state index in [0.717, 1.165) is 25.2 Å². The SMILES string of the molecule is CC(C)CCCCCCNC(=O)N1CCCC1C(=O)O. The van der Waals surface area contributed by atoms with Crippen molar-refractivity contribution in [2.45, 2.75) is 64.8 Å². The highest BCUT2D eigenvalue weighted by Crippen LogP contribution is 2.17. The number of unbranched alkanes of at least 4 members (excludes halogenated alkanes) is 3. The second-order valence-electron chi connectivity index (χ2n) is 6.02. The summed E-state index contributed by atoms with van der Waals surface area (Å²) in [6.07, 6.45) is 7.15. The van der Waals surface area contributed by atoms with Crippen molar-refractivity contribution in [3.05, 3.63) is 0 Å². The first kappa shape index (κ1) is 16.8. The van der Waals surface area contributed by atoms with E-state index in [9.17, 15) is 9.59 Å². The summed E-state index contributed by atoms with van der Waals surface area (Å²) in [5.41, 5.74) is 0. The van der Waals surface area contributed by atoms with Gasteiger partial charge in [0.1, 0.15) is 6.04 Å². The Hall–Kier alpha value is -1.26. The van der Waals surface area contributed by atoms with Crippen LogP contribution in [0.4, 0.5) is 4.79 Å². The van der Waals surface area contributed by atoms with Crippen LogP contribution in [0.25, 0.3) is 0 Å². The third-order valence-corrected chi connectivity index (χ3v) is 3.78. The van der Waals surface area contributed by atoms with Crippen molar-refractivity contribution >= 4 is 12.0 Å². The Morgan fingerprint density at radius 2 is 1.95 bits per heavy atom. The first-order valence-electron chi connectivity index (χ1n) is 7.79. The van der Waals surface area contributed by atoms with E-state index in [1.54, 1.807) is 0 Å². The number of carboxylic acid groups (broad SMARTS) is 1. The smallest absolute Gasteiger partial charge is 0.326 e. The van der Waals surface area contributed by atoms with Gasteiger partial charge in [-0.15, -0.1) is 0 Å². The number of hydrogen-bond donors (Lipinski definition) is 2. The number of rotatable bonds is 8. The summed E-state index contributed by atoms with van der Waals surface area (Å²) in [7, 11) is 0. The monoisotopic (exact) mass is 284 g/mol. The van der Waals surface area contributed by atoms with Gasteiger partial charge in [0, 0.05) is 13.1 Å². The van der Waals surface area contributed by atoms with Crippen LogP contribution in [0.15, 0.2) is 0 Å². The average Bonchev–Trinajstić information content (AvgIpc) is 2.86. The Bertz CT molecular complexity index is 318. The minimum Gasteiger partial charge on any atom is -0.480 e. The zero-order valence-electron chi connectivity index (χ0n) is 12.7. The Morgan fingerprint density at radius 1 is 1.25 bits per heavy atom. The number of likely N-dealkylation sites (tertiary alicyclic amines) is 1. The lowest BCUT2D eigenvalue weighted by molar-refractivity contribution is -0.141. The molecule has 1 saturated heterocycles. The first-order valence-corrected chi connectivity index (χ1v) is 7.79. The zero-order valence-corrected chi connectivity index (χ0v) is 12.7. The molecule has 1 aliphatic heterocycles. The zero-order chi connectivity index (χ0) is 15.0. The predicted octanol–water partition coefficient (Wildman–Crippen LogP) is 2.85. The molecular formula is C15H28N2O3. The molecule has 1 atom stereocenters. The van der Waals surface area contributed by atoms with Crippen LogP contribution in [0.5, 0.6) is 0 Å². The first-order chi connectivity index (χ1) is 9.52. The molecule has 0 aromatic heterocycles. The van der Waals surface area contributed by atoms with Gasteiger partial charge in [-0.3, -0.25) is 0 Å². The Labute approximate surface area is 121 Å². The second kappa shape index (κ2) is 8.82. The molecule has 1 unspecified atom stereocenters. The van der Waals surface area contributed by atoms with E-state index < -0.39 is 12.0 Å². The molecule has 116 valence electrons. The van der Waals surface area contributed by atoms with Crippen molar-refractivity contribution in [3.63, 3.8) is 0 Å². The summed E-state index contributed by atoms with van der Waals surface area (Å²) < 4.78 is 0. The summed E-state index contributed by atoms with van der Waals surface area (Å²) in [5, 5.41) is 11.9. The van der Waals surface area contributed by atoms with E-state index in [4.69, 9.17) is 5.11 Å².